The largest absolute Gasteiger partial charge is 0.493 e. The van der Waals surface area contributed by atoms with E-state index in [-0.39, 0.29) is 5.92 Å². The van der Waals surface area contributed by atoms with Crippen molar-refractivity contribution in [2.24, 2.45) is 5.92 Å². The number of ether oxygens (including phenoxy) is 2. The van der Waals surface area contributed by atoms with Crippen LogP contribution in [0.1, 0.15) is 50.5 Å². The highest BCUT2D eigenvalue weighted by Gasteiger charge is 2.42. The fourth-order valence-electron chi connectivity index (χ4n) is 3.21. The summed E-state index contributed by atoms with van der Waals surface area (Å²) in [6.07, 6.45) is 6.07. The first-order valence-corrected chi connectivity index (χ1v) is 7.54. The van der Waals surface area contributed by atoms with E-state index in [4.69, 9.17) is 9.47 Å². The first kappa shape index (κ1) is 13.5. The monoisotopic (exact) mass is 274 g/mol. The van der Waals surface area contributed by atoms with Crippen molar-refractivity contribution in [2.75, 3.05) is 7.11 Å². The van der Waals surface area contributed by atoms with Crippen molar-refractivity contribution in [3.63, 3.8) is 0 Å². The molecule has 0 radical (unpaired) electrons. The van der Waals surface area contributed by atoms with Crippen LogP contribution in [-0.4, -0.2) is 19.0 Å². The fraction of sp³-hybridized carbons (Fsp3) is 0.588. The quantitative estimate of drug-likeness (QED) is 0.821. The Labute approximate surface area is 120 Å². The highest BCUT2D eigenvalue weighted by molar-refractivity contribution is 5.82. The molecule has 2 fully saturated rings. The third kappa shape index (κ3) is 2.67. The van der Waals surface area contributed by atoms with Crippen LogP contribution < -0.4 is 9.47 Å². The lowest BCUT2D eigenvalue weighted by atomic mass is 10.1. The van der Waals surface area contributed by atoms with Crippen LogP contribution in [0.4, 0.5) is 0 Å². The maximum absolute atomic E-state index is 11.4. The van der Waals surface area contributed by atoms with Crippen molar-refractivity contribution in [1.29, 1.82) is 0 Å². The number of hydrogen-bond acceptors (Lipinski definition) is 3. The smallest absolute Gasteiger partial charge is 0.161 e. The highest BCUT2D eigenvalue weighted by Crippen LogP contribution is 2.49. The molecule has 108 valence electrons. The van der Waals surface area contributed by atoms with Gasteiger partial charge < -0.3 is 9.47 Å². The molecule has 3 nitrogen and oxygen atoms in total. The minimum Gasteiger partial charge on any atom is -0.493 e. The molecule has 3 heteroatoms. The number of ketones is 1. The molecule has 0 N–H and O–H groups in total. The number of hydrogen-bond donors (Lipinski definition) is 0. The van der Waals surface area contributed by atoms with E-state index in [0.29, 0.717) is 17.8 Å². The third-order valence-electron chi connectivity index (χ3n) is 4.52. The summed E-state index contributed by atoms with van der Waals surface area (Å²) in [6.45, 7) is 1.68. The average Bonchev–Trinajstić information content (AvgIpc) is 3.10. The van der Waals surface area contributed by atoms with Crippen molar-refractivity contribution in [2.45, 2.75) is 51.0 Å². The second kappa shape index (κ2) is 5.47. The third-order valence-corrected chi connectivity index (χ3v) is 4.52. The van der Waals surface area contributed by atoms with Gasteiger partial charge in [0.25, 0.3) is 0 Å². The Morgan fingerprint density at radius 3 is 2.55 bits per heavy atom. The molecule has 0 saturated heterocycles. The normalized spacial score (nSPS) is 25.5. The summed E-state index contributed by atoms with van der Waals surface area (Å²) in [7, 11) is 1.67. The first-order chi connectivity index (χ1) is 9.69. The molecule has 0 heterocycles. The second-order valence-electron chi connectivity index (χ2n) is 5.99. The van der Waals surface area contributed by atoms with Gasteiger partial charge >= 0.3 is 0 Å². The average molecular weight is 274 g/mol. The molecule has 2 aliphatic rings. The Balaban J connectivity index is 1.78. The molecular formula is C17H22O3. The molecule has 3 rings (SSSR count). The van der Waals surface area contributed by atoms with Gasteiger partial charge in [-0.15, -0.1) is 0 Å². The van der Waals surface area contributed by atoms with E-state index in [1.165, 1.54) is 18.4 Å². The molecule has 0 amide bonds. The minimum atomic E-state index is 0.211. The standard InChI is InChI=1S/C17H22O3/c1-11(18)14-10-15(14)12-7-8-16(19-2)17(9-12)20-13-5-3-4-6-13/h7-9,13-15H,3-6,10H2,1-2H3/t14-,15-/m0/s1. The van der Waals surface area contributed by atoms with Crippen molar-refractivity contribution < 1.29 is 14.3 Å². The molecule has 0 bridgehead atoms. The Hall–Kier alpha value is -1.51. The summed E-state index contributed by atoms with van der Waals surface area (Å²) in [5, 5.41) is 0. The summed E-state index contributed by atoms with van der Waals surface area (Å²) < 4.78 is 11.5. The number of carbonyl (C=O) groups is 1. The van der Waals surface area contributed by atoms with Crippen LogP contribution in [0.2, 0.25) is 0 Å². The van der Waals surface area contributed by atoms with Gasteiger partial charge in [0.1, 0.15) is 5.78 Å². The minimum absolute atomic E-state index is 0.211. The van der Waals surface area contributed by atoms with E-state index in [1.807, 2.05) is 6.07 Å². The van der Waals surface area contributed by atoms with Crippen LogP contribution in [0, 0.1) is 5.92 Å². The van der Waals surface area contributed by atoms with Crippen molar-refractivity contribution >= 4 is 5.78 Å². The molecule has 0 spiro atoms. The van der Waals surface area contributed by atoms with Crippen LogP contribution in [0.15, 0.2) is 18.2 Å². The topological polar surface area (TPSA) is 35.5 Å². The van der Waals surface area contributed by atoms with Gasteiger partial charge in [-0.25, -0.2) is 0 Å². The fourth-order valence-corrected chi connectivity index (χ4v) is 3.21. The van der Waals surface area contributed by atoms with E-state index < -0.39 is 0 Å². The van der Waals surface area contributed by atoms with Gasteiger partial charge in [-0.1, -0.05) is 6.07 Å². The second-order valence-corrected chi connectivity index (χ2v) is 5.99. The molecule has 2 saturated carbocycles. The molecule has 2 atom stereocenters. The van der Waals surface area contributed by atoms with E-state index >= 15 is 0 Å². The predicted octanol–water partition coefficient (Wildman–Crippen LogP) is 3.71. The lowest BCUT2D eigenvalue weighted by molar-refractivity contribution is -0.118. The Bertz CT molecular complexity index is 503. The van der Waals surface area contributed by atoms with Gasteiger partial charge in [-0.3, -0.25) is 4.79 Å². The Morgan fingerprint density at radius 1 is 1.20 bits per heavy atom. The Morgan fingerprint density at radius 2 is 1.95 bits per heavy atom. The molecule has 0 aliphatic heterocycles. The lowest BCUT2D eigenvalue weighted by Crippen LogP contribution is -2.11. The van der Waals surface area contributed by atoms with Crippen LogP contribution in [0.5, 0.6) is 11.5 Å². The zero-order valence-corrected chi connectivity index (χ0v) is 12.2. The molecule has 2 aliphatic carbocycles. The van der Waals surface area contributed by atoms with Gasteiger partial charge in [-0.05, 0) is 62.6 Å². The summed E-state index contributed by atoms with van der Waals surface area (Å²) in [5.41, 5.74) is 1.21. The zero-order chi connectivity index (χ0) is 14.1. The molecule has 1 aromatic carbocycles. The SMILES string of the molecule is COc1ccc([C@@H]2C[C@H]2C(C)=O)cc1OC1CCCC1. The zero-order valence-electron chi connectivity index (χ0n) is 12.2. The number of benzene rings is 1. The van der Waals surface area contributed by atoms with Crippen LogP contribution in [0.25, 0.3) is 0 Å². The summed E-state index contributed by atoms with van der Waals surface area (Å²) in [4.78, 5) is 11.4. The maximum Gasteiger partial charge on any atom is 0.161 e. The van der Waals surface area contributed by atoms with Crippen molar-refractivity contribution in [3.8, 4) is 11.5 Å². The molecule has 1 aromatic rings. The van der Waals surface area contributed by atoms with Gasteiger partial charge in [0.15, 0.2) is 11.5 Å². The molecular weight excluding hydrogens is 252 g/mol. The van der Waals surface area contributed by atoms with E-state index in [2.05, 4.69) is 12.1 Å². The molecule has 0 unspecified atom stereocenters. The van der Waals surface area contributed by atoms with E-state index in [9.17, 15) is 4.79 Å². The van der Waals surface area contributed by atoms with Crippen molar-refractivity contribution in [1.82, 2.24) is 0 Å². The van der Waals surface area contributed by atoms with Gasteiger partial charge in [-0.2, -0.15) is 0 Å². The van der Waals surface area contributed by atoms with Gasteiger partial charge in [0.05, 0.1) is 13.2 Å². The number of methoxy groups -OCH3 is 1. The molecule has 0 aromatic heterocycles. The first-order valence-electron chi connectivity index (χ1n) is 7.54. The summed E-state index contributed by atoms with van der Waals surface area (Å²) in [6, 6.07) is 6.11. The predicted molar refractivity (Wildman–Crippen MR) is 77.4 cm³/mol. The number of Topliss-reactive ketones (excluding diaryl/α,β-unsaturated/α-hetero) is 1. The molecule has 20 heavy (non-hydrogen) atoms. The summed E-state index contributed by atoms with van der Waals surface area (Å²) >= 11 is 0. The number of rotatable bonds is 5. The maximum atomic E-state index is 11.4. The van der Waals surface area contributed by atoms with Crippen LogP contribution in [-0.2, 0) is 4.79 Å². The van der Waals surface area contributed by atoms with E-state index in [1.54, 1.807) is 14.0 Å². The number of carbonyl (C=O) groups excluding carboxylic acids is 1. The lowest BCUT2D eigenvalue weighted by Gasteiger charge is -2.17. The van der Waals surface area contributed by atoms with Crippen molar-refractivity contribution in [3.05, 3.63) is 23.8 Å². The van der Waals surface area contributed by atoms with Crippen LogP contribution in [0.3, 0.4) is 0 Å². The van der Waals surface area contributed by atoms with Gasteiger partial charge in [0, 0.05) is 5.92 Å². The van der Waals surface area contributed by atoms with Gasteiger partial charge in [0.2, 0.25) is 0 Å². The highest BCUT2D eigenvalue weighted by atomic mass is 16.5. The Kier molecular flexibility index (Phi) is 3.68. The van der Waals surface area contributed by atoms with Crippen LogP contribution >= 0.6 is 0 Å². The summed E-state index contributed by atoms with van der Waals surface area (Å²) in [5.74, 6) is 2.52. The van der Waals surface area contributed by atoms with E-state index in [0.717, 1.165) is 30.8 Å².